The van der Waals surface area contributed by atoms with Gasteiger partial charge in [-0.2, -0.15) is 18.6 Å². The summed E-state index contributed by atoms with van der Waals surface area (Å²) in [6.45, 7) is 2.82. The van der Waals surface area contributed by atoms with Crippen LogP contribution in [0.5, 0.6) is 0 Å². The van der Waals surface area contributed by atoms with Gasteiger partial charge < -0.3 is 45.8 Å². The Morgan fingerprint density at radius 2 is 1.68 bits per heavy atom. The van der Waals surface area contributed by atoms with Crippen molar-refractivity contribution in [1.29, 1.82) is 0 Å². The van der Waals surface area contributed by atoms with Crippen molar-refractivity contribution in [3.05, 3.63) is 6.33 Å². The fraction of sp³-hybridized carbons (Fsp3) is 0.615. The molecule has 2 saturated carbocycles. The largest absolute Gasteiger partial charge is 0.490 e. The van der Waals surface area contributed by atoms with Crippen LogP contribution in [0.1, 0.15) is 19.9 Å². The van der Waals surface area contributed by atoms with Gasteiger partial charge in [0.25, 0.3) is 0 Å². The molecular formula is C13H21N6O12P3. The van der Waals surface area contributed by atoms with Crippen molar-refractivity contribution in [2.45, 2.75) is 37.2 Å². The number of nitrogen functional groups attached to an aromatic ring is 2. The molecule has 2 heterocycles. The van der Waals surface area contributed by atoms with Crippen LogP contribution in [0.25, 0.3) is 11.2 Å². The standard InChI is InChI=1S/C13H21N6O12P3/c1-4-5-8(29-33(25,26)31-34(27,28)30-32(22,23)24)13(5,21)12(2,20)7(4)19-3-16-6-9(14)17-11(15)18-10(6)19/h3-5,7-8,20-21H,1-2H3,(H,25,26)(H,27,28)(H2,22,23,24)(H4,14,15,17,18)/t4-,5-,7-,8?,12+,13+/m1/s1. The summed E-state index contributed by atoms with van der Waals surface area (Å²) >= 11 is 0. The molecule has 2 aromatic rings. The van der Waals surface area contributed by atoms with E-state index in [-0.39, 0.29) is 22.9 Å². The number of nitrogens with two attached hydrogens (primary N) is 2. The molecule has 4 rings (SSSR count). The Balaban J connectivity index is 1.60. The number of anilines is 2. The van der Waals surface area contributed by atoms with Crippen LogP contribution < -0.4 is 11.5 Å². The van der Waals surface area contributed by atoms with E-state index in [0.717, 1.165) is 0 Å². The molecule has 0 radical (unpaired) electrons. The zero-order valence-electron chi connectivity index (χ0n) is 17.3. The number of phosphoric ester groups is 1. The van der Waals surface area contributed by atoms with Crippen molar-refractivity contribution in [3.8, 4) is 0 Å². The summed E-state index contributed by atoms with van der Waals surface area (Å²) in [6.07, 6.45) is -0.268. The number of fused-ring (bicyclic) bond motifs is 2. The summed E-state index contributed by atoms with van der Waals surface area (Å²) in [5.74, 6) is -1.84. The molecule has 0 spiro atoms. The van der Waals surface area contributed by atoms with Crippen LogP contribution in [0.3, 0.4) is 0 Å². The third-order valence-corrected chi connectivity index (χ3v) is 9.86. The molecule has 0 aliphatic heterocycles. The lowest BCUT2D eigenvalue weighted by Gasteiger charge is -2.36. The summed E-state index contributed by atoms with van der Waals surface area (Å²) in [5, 5.41) is 22.4. The van der Waals surface area contributed by atoms with Gasteiger partial charge in [-0.25, -0.2) is 18.7 Å². The highest BCUT2D eigenvalue weighted by Gasteiger charge is 2.84. The van der Waals surface area contributed by atoms with Crippen LogP contribution in [-0.4, -0.2) is 66.6 Å². The highest BCUT2D eigenvalue weighted by Crippen LogP contribution is 2.74. The average molecular weight is 546 g/mol. The average Bonchev–Trinajstić information content (AvgIpc) is 2.91. The molecular weight excluding hydrogens is 525 g/mol. The number of aliphatic hydroxyl groups is 2. The van der Waals surface area contributed by atoms with Gasteiger partial charge >= 0.3 is 23.5 Å². The maximum atomic E-state index is 12.2. The Bertz CT molecular complexity index is 1310. The van der Waals surface area contributed by atoms with E-state index in [0.29, 0.717) is 0 Å². The van der Waals surface area contributed by atoms with Crippen LogP contribution in [0.15, 0.2) is 6.33 Å². The molecule has 10 N–H and O–H groups in total. The van der Waals surface area contributed by atoms with Crippen molar-refractivity contribution < 1.29 is 56.6 Å². The first kappa shape index (κ1) is 25.6. The van der Waals surface area contributed by atoms with Gasteiger partial charge in [-0.3, -0.25) is 4.52 Å². The highest BCUT2D eigenvalue weighted by molar-refractivity contribution is 7.66. The lowest BCUT2D eigenvalue weighted by molar-refractivity contribution is -0.115. The maximum absolute atomic E-state index is 12.2. The van der Waals surface area contributed by atoms with E-state index in [1.165, 1.54) is 17.8 Å². The van der Waals surface area contributed by atoms with Crippen LogP contribution in [0, 0.1) is 11.8 Å². The lowest BCUT2D eigenvalue weighted by atomic mass is 9.87. The van der Waals surface area contributed by atoms with Crippen molar-refractivity contribution in [1.82, 2.24) is 19.5 Å². The van der Waals surface area contributed by atoms with Gasteiger partial charge in [0, 0.05) is 5.92 Å². The Morgan fingerprint density at radius 1 is 1.06 bits per heavy atom. The van der Waals surface area contributed by atoms with Gasteiger partial charge in [0.2, 0.25) is 5.95 Å². The molecule has 21 heteroatoms. The number of nitrogens with zero attached hydrogens (tertiary/aromatic N) is 4. The quantitative estimate of drug-likeness (QED) is 0.193. The minimum absolute atomic E-state index is 0.0130. The monoisotopic (exact) mass is 546 g/mol. The van der Waals surface area contributed by atoms with E-state index >= 15 is 0 Å². The van der Waals surface area contributed by atoms with Crippen molar-refractivity contribution >= 4 is 46.4 Å². The maximum Gasteiger partial charge on any atom is 0.490 e. The second kappa shape index (κ2) is 7.49. The summed E-state index contributed by atoms with van der Waals surface area (Å²) in [6, 6.07) is -0.915. The SMILES string of the molecule is C[C@H]1[C@@H](n2cnc3c(N)nc(N)nc32)[C@](C)(O)[C@@]2(O)C(OP(=O)(O)OP(=O)(O)OP(=O)(O)O)[C@@H]12. The van der Waals surface area contributed by atoms with E-state index < -0.39 is 58.7 Å². The molecule has 0 bridgehead atoms. The second-order valence-electron chi connectivity index (χ2n) is 8.21. The predicted molar refractivity (Wildman–Crippen MR) is 110 cm³/mol. The van der Waals surface area contributed by atoms with Crippen molar-refractivity contribution in [2.24, 2.45) is 11.8 Å². The Kier molecular flexibility index (Phi) is 5.63. The van der Waals surface area contributed by atoms with Gasteiger partial charge in [-0.05, 0) is 12.8 Å². The number of hydrogen-bond donors (Lipinski definition) is 8. The number of aromatic nitrogens is 4. The van der Waals surface area contributed by atoms with Gasteiger partial charge in [-0.1, -0.05) is 6.92 Å². The summed E-state index contributed by atoms with van der Waals surface area (Å²) in [4.78, 5) is 48.3. The van der Waals surface area contributed by atoms with Gasteiger partial charge in [0.15, 0.2) is 11.5 Å². The zero-order valence-corrected chi connectivity index (χ0v) is 20.0. The van der Waals surface area contributed by atoms with E-state index in [1.54, 1.807) is 6.92 Å². The normalized spacial score (nSPS) is 36.7. The van der Waals surface area contributed by atoms with E-state index in [1.807, 2.05) is 0 Å². The Labute approximate surface area is 190 Å². The molecule has 0 saturated heterocycles. The summed E-state index contributed by atoms with van der Waals surface area (Å²) < 4.78 is 48.1. The van der Waals surface area contributed by atoms with Crippen molar-refractivity contribution in [2.75, 3.05) is 11.5 Å². The Morgan fingerprint density at radius 3 is 2.21 bits per heavy atom. The van der Waals surface area contributed by atoms with Gasteiger partial charge in [-0.15, -0.1) is 0 Å². The smallest absolute Gasteiger partial charge is 0.385 e. The molecule has 3 unspecified atom stereocenters. The minimum atomic E-state index is -5.75. The molecule has 2 aromatic heterocycles. The third kappa shape index (κ3) is 3.99. The number of hydrogen-bond acceptors (Lipinski definition) is 13. The van der Waals surface area contributed by atoms with Gasteiger partial charge in [0.05, 0.1) is 12.4 Å². The molecule has 8 atom stereocenters. The number of rotatable bonds is 7. The first-order valence-corrected chi connectivity index (χ1v) is 13.9. The fourth-order valence-corrected chi connectivity index (χ4v) is 8.13. The predicted octanol–water partition coefficient (Wildman–Crippen LogP) is -0.995. The first-order chi connectivity index (χ1) is 15.3. The zero-order chi connectivity index (χ0) is 25.6. The molecule has 0 amide bonds. The van der Waals surface area contributed by atoms with Crippen LogP contribution in [-0.2, 0) is 26.8 Å². The molecule has 2 aliphatic carbocycles. The molecule has 190 valence electrons. The topological polar surface area (TPSA) is 296 Å². The Hall–Kier alpha value is -1.52. The molecule has 2 aliphatic rings. The number of phosphoric acid groups is 3. The molecule has 34 heavy (non-hydrogen) atoms. The van der Waals surface area contributed by atoms with E-state index in [4.69, 9.17) is 25.8 Å². The molecule has 18 nitrogen and oxygen atoms in total. The van der Waals surface area contributed by atoms with Crippen LogP contribution >= 0.6 is 23.5 Å². The molecule has 2 fully saturated rings. The second-order valence-corrected chi connectivity index (χ2v) is 12.6. The summed E-state index contributed by atoms with van der Waals surface area (Å²) in [7, 11) is -16.8. The minimum Gasteiger partial charge on any atom is -0.385 e. The van der Waals surface area contributed by atoms with Crippen molar-refractivity contribution in [3.63, 3.8) is 0 Å². The molecule has 0 aromatic carbocycles. The lowest BCUT2D eigenvalue weighted by Crippen LogP contribution is -2.49. The van der Waals surface area contributed by atoms with E-state index in [2.05, 4.69) is 23.6 Å². The number of imidazole rings is 1. The highest BCUT2D eigenvalue weighted by atomic mass is 31.3. The fourth-order valence-electron chi connectivity index (χ4n) is 4.89. The van der Waals surface area contributed by atoms with E-state index in [9.17, 15) is 33.7 Å². The summed E-state index contributed by atoms with van der Waals surface area (Å²) in [5.41, 5.74) is 7.60. The first-order valence-electron chi connectivity index (χ1n) is 9.33. The van der Waals surface area contributed by atoms with Crippen LogP contribution in [0.4, 0.5) is 11.8 Å². The third-order valence-electron chi connectivity index (χ3n) is 6.04. The van der Waals surface area contributed by atoms with Gasteiger partial charge in [0.1, 0.15) is 22.8 Å². The van der Waals surface area contributed by atoms with Crippen LogP contribution in [0.2, 0.25) is 0 Å².